The third kappa shape index (κ3) is 3.48. The molecule has 1 heterocycles. The third-order valence-electron chi connectivity index (χ3n) is 3.21. The van der Waals surface area contributed by atoms with Gasteiger partial charge in [-0.3, -0.25) is 4.79 Å². The van der Waals surface area contributed by atoms with E-state index in [0.717, 1.165) is 5.56 Å². The molecular weight excluding hydrogens is 298 g/mol. The number of hydrogen-bond donors (Lipinski definition) is 0. The minimum absolute atomic E-state index is 0.0377. The third-order valence-corrected chi connectivity index (χ3v) is 3.21. The summed E-state index contributed by atoms with van der Waals surface area (Å²) in [7, 11) is 3.09. The molecule has 120 valence electrons. The molecule has 0 unspecified atom stereocenters. The standard InChI is InChI=1S/C17H17NO5/c1-4-23-17(20)12-6-7-13(18-14(12)10-19)11-5-8-15(21-2)16(9-11)22-3/h5-10H,4H2,1-3H3. The normalized spacial score (nSPS) is 10.0. The fraction of sp³-hybridized carbons (Fsp3) is 0.235. The molecule has 0 aliphatic heterocycles. The molecule has 0 amide bonds. The van der Waals surface area contributed by atoms with Crippen LogP contribution in [0.25, 0.3) is 11.3 Å². The Morgan fingerprint density at radius 2 is 1.87 bits per heavy atom. The maximum absolute atomic E-state index is 11.8. The predicted octanol–water partition coefficient (Wildman–Crippen LogP) is 2.76. The van der Waals surface area contributed by atoms with E-state index in [2.05, 4.69) is 4.98 Å². The maximum atomic E-state index is 11.8. The first-order valence-electron chi connectivity index (χ1n) is 7.00. The molecular formula is C17H17NO5. The Kier molecular flexibility index (Phi) is 5.30. The summed E-state index contributed by atoms with van der Waals surface area (Å²) in [5.74, 6) is 0.574. The molecule has 2 aromatic rings. The van der Waals surface area contributed by atoms with E-state index >= 15 is 0 Å². The van der Waals surface area contributed by atoms with E-state index in [-0.39, 0.29) is 17.9 Å². The Morgan fingerprint density at radius 3 is 2.48 bits per heavy atom. The summed E-state index contributed by atoms with van der Waals surface area (Å²) in [6, 6.07) is 8.47. The van der Waals surface area contributed by atoms with Crippen molar-refractivity contribution in [2.45, 2.75) is 6.92 Å². The highest BCUT2D eigenvalue weighted by Crippen LogP contribution is 2.31. The van der Waals surface area contributed by atoms with Crippen molar-refractivity contribution in [3.63, 3.8) is 0 Å². The number of pyridine rings is 1. The SMILES string of the molecule is CCOC(=O)c1ccc(-c2ccc(OC)c(OC)c2)nc1C=O. The van der Waals surface area contributed by atoms with Crippen molar-refractivity contribution in [3.8, 4) is 22.8 Å². The molecule has 0 aliphatic carbocycles. The first-order chi connectivity index (χ1) is 11.1. The number of nitrogens with zero attached hydrogens (tertiary/aromatic N) is 1. The smallest absolute Gasteiger partial charge is 0.340 e. The van der Waals surface area contributed by atoms with Gasteiger partial charge in [-0.05, 0) is 37.3 Å². The Bertz CT molecular complexity index is 727. The van der Waals surface area contributed by atoms with Gasteiger partial charge >= 0.3 is 5.97 Å². The molecule has 1 aromatic heterocycles. The second kappa shape index (κ2) is 7.40. The molecule has 0 N–H and O–H groups in total. The maximum Gasteiger partial charge on any atom is 0.340 e. The minimum Gasteiger partial charge on any atom is -0.493 e. The van der Waals surface area contributed by atoms with E-state index in [1.807, 2.05) is 0 Å². The highest BCUT2D eigenvalue weighted by atomic mass is 16.5. The van der Waals surface area contributed by atoms with Crippen LogP contribution in [-0.4, -0.2) is 38.1 Å². The van der Waals surface area contributed by atoms with Crippen molar-refractivity contribution in [1.29, 1.82) is 0 Å². The van der Waals surface area contributed by atoms with Gasteiger partial charge in [0.25, 0.3) is 0 Å². The lowest BCUT2D eigenvalue weighted by Gasteiger charge is -2.10. The van der Waals surface area contributed by atoms with E-state index in [0.29, 0.717) is 23.5 Å². The van der Waals surface area contributed by atoms with Crippen LogP contribution in [0.4, 0.5) is 0 Å². The monoisotopic (exact) mass is 315 g/mol. The number of ether oxygens (including phenoxy) is 3. The van der Waals surface area contributed by atoms with Crippen LogP contribution >= 0.6 is 0 Å². The van der Waals surface area contributed by atoms with Gasteiger partial charge in [0.15, 0.2) is 17.8 Å². The summed E-state index contributed by atoms with van der Waals surface area (Å²) < 4.78 is 15.3. The van der Waals surface area contributed by atoms with Crippen molar-refractivity contribution in [3.05, 3.63) is 41.6 Å². The number of hydrogen-bond acceptors (Lipinski definition) is 6. The summed E-state index contributed by atoms with van der Waals surface area (Å²) in [6.45, 7) is 1.93. The van der Waals surface area contributed by atoms with Gasteiger partial charge in [0, 0.05) is 5.56 Å². The highest BCUT2D eigenvalue weighted by Gasteiger charge is 2.15. The van der Waals surface area contributed by atoms with Gasteiger partial charge in [-0.25, -0.2) is 9.78 Å². The average molecular weight is 315 g/mol. The summed E-state index contributed by atoms with van der Waals surface area (Å²) in [5, 5.41) is 0. The van der Waals surface area contributed by atoms with Gasteiger partial charge in [0.2, 0.25) is 0 Å². The van der Waals surface area contributed by atoms with Crippen molar-refractivity contribution in [2.24, 2.45) is 0 Å². The first kappa shape index (κ1) is 16.5. The molecule has 0 saturated heterocycles. The number of benzene rings is 1. The van der Waals surface area contributed by atoms with Crippen LogP contribution in [0.1, 0.15) is 27.8 Å². The lowest BCUT2D eigenvalue weighted by Crippen LogP contribution is -2.09. The van der Waals surface area contributed by atoms with Gasteiger partial charge in [-0.1, -0.05) is 0 Å². The summed E-state index contributed by atoms with van der Waals surface area (Å²) in [4.78, 5) is 27.3. The Morgan fingerprint density at radius 1 is 1.13 bits per heavy atom. The van der Waals surface area contributed by atoms with Crippen LogP contribution in [0, 0.1) is 0 Å². The fourth-order valence-corrected chi connectivity index (χ4v) is 2.10. The molecule has 0 saturated carbocycles. The molecule has 0 radical (unpaired) electrons. The molecule has 6 heteroatoms. The van der Waals surface area contributed by atoms with E-state index in [1.54, 1.807) is 38.3 Å². The average Bonchev–Trinajstić information content (AvgIpc) is 2.60. The van der Waals surface area contributed by atoms with Gasteiger partial charge in [-0.15, -0.1) is 0 Å². The van der Waals surface area contributed by atoms with Gasteiger partial charge in [0.1, 0.15) is 5.69 Å². The lowest BCUT2D eigenvalue weighted by molar-refractivity contribution is 0.0523. The molecule has 0 aliphatic rings. The number of aromatic nitrogens is 1. The van der Waals surface area contributed by atoms with E-state index in [4.69, 9.17) is 14.2 Å². The molecule has 0 fully saturated rings. The van der Waals surface area contributed by atoms with Crippen molar-refractivity contribution < 1.29 is 23.8 Å². The van der Waals surface area contributed by atoms with Crippen LogP contribution in [0.15, 0.2) is 30.3 Å². The van der Waals surface area contributed by atoms with Gasteiger partial charge < -0.3 is 14.2 Å². The molecule has 2 rings (SSSR count). The van der Waals surface area contributed by atoms with Crippen molar-refractivity contribution >= 4 is 12.3 Å². The number of carbonyl (C=O) groups is 2. The number of rotatable bonds is 6. The lowest BCUT2D eigenvalue weighted by atomic mass is 10.1. The van der Waals surface area contributed by atoms with Crippen LogP contribution < -0.4 is 9.47 Å². The zero-order valence-electron chi connectivity index (χ0n) is 13.2. The van der Waals surface area contributed by atoms with Gasteiger partial charge in [-0.2, -0.15) is 0 Å². The molecule has 6 nitrogen and oxygen atoms in total. The second-order valence-electron chi connectivity index (χ2n) is 4.54. The molecule has 0 spiro atoms. The number of methoxy groups -OCH3 is 2. The topological polar surface area (TPSA) is 74.7 Å². The van der Waals surface area contributed by atoms with Crippen LogP contribution in [0.5, 0.6) is 11.5 Å². The highest BCUT2D eigenvalue weighted by molar-refractivity contribution is 5.97. The fourth-order valence-electron chi connectivity index (χ4n) is 2.10. The Balaban J connectivity index is 2.45. The largest absolute Gasteiger partial charge is 0.493 e. The predicted molar refractivity (Wildman–Crippen MR) is 84.1 cm³/mol. The Labute approximate surface area is 134 Å². The minimum atomic E-state index is -0.569. The van der Waals surface area contributed by atoms with Crippen LogP contribution in [-0.2, 0) is 4.74 Å². The van der Waals surface area contributed by atoms with Crippen molar-refractivity contribution in [2.75, 3.05) is 20.8 Å². The number of esters is 1. The molecule has 23 heavy (non-hydrogen) atoms. The zero-order valence-corrected chi connectivity index (χ0v) is 13.2. The van der Waals surface area contributed by atoms with Gasteiger partial charge in [0.05, 0.1) is 32.1 Å². The summed E-state index contributed by atoms with van der Waals surface area (Å²) >= 11 is 0. The second-order valence-corrected chi connectivity index (χ2v) is 4.54. The van der Waals surface area contributed by atoms with E-state index in [1.165, 1.54) is 13.2 Å². The first-order valence-corrected chi connectivity index (χ1v) is 7.00. The summed E-state index contributed by atoms with van der Waals surface area (Å²) in [6.07, 6.45) is 0.538. The van der Waals surface area contributed by atoms with Crippen LogP contribution in [0.2, 0.25) is 0 Å². The quantitative estimate of drug-likeness (QED) is 0.603. The van der Waals surface area contributed by atoms with Crippen LogP contribution in [0.3, 0.4) is 0 Å². The summed E-state index contributed by atoms with van der Waals surface area (Å²) in [5.41, 5.74) is 1.46. The zero-order chi connectivity index (χ0) is 16.8. The number of carbonyl (C=O) groups excluding carboxylic acids is 2. The molecule has 1 aromatic carbocycles. The molecule has 0 bridgehead atoms. The van der Waals surface area contributed by atoms with E-state index in [9.17, 15) is 9.59 Å². The Hall–Kier alpha value is -2.89. The molecule has 0 atom stereocenters. The van der Waals surface area contributed by atoms with E-state index < -0.39 is 5.97 Å². The van der Waals surface area contributed by atoms with Crippen molar-refractivity contribution in [1.82, 2.24) is 4.98 Å². The number of aldehydes is 1.